The van der Waals surface area contributed by atoms with Crippen LogP contribution in [0.5, 0.6) is 0 Å². The first kappa shape index (κ1) is 22.8. The van der Waals surface area contributed by atoms with Gasteiger partial charge in [-0.25, -0.2) is 9.78 Å². The highest BCUT2D eigenvalue weighted by atomic mass is 35.5. The second-order valence-corrected chi connectivity index (χ2v) is 8.69. The maximum absolute atomic E-state index is 12.6. The van der Waals surface area contributed by atoms with E-state index in [-0.39, 0.29) is 18.0 Å². The van der Waals surface area contributed by atoms with Gasteiger partial charge in [-0.15, -0.1) is 0 Å². The Hall–Kier alpha value is -3.42. The molecule has 3 N–H and O–H groups in total. The molecule has 8 heteroatoms. The van der Waals surface area contributed by atoms with Crippen LogP contribution in [0, 0.1) is 5.92 Å². The van der Waals surface area contributed by atoms with Gasteiger partial charge in [-0.2, -0.15) is 0 Å². The third-order valence-electron chi connectivity index (χ3n) is 5.61. The molecular formula is C25H26ClN5O2. The molecule has 170 valence electrons. The fourth-order valence-corrected chi connectivity index (χ4v) is 4.05. The number of hydrogen-bond acceptors (Lipinski definition) is 4. The van der Waals surface area contributed by atoms with E-state index in [4.69, 9.17) is 11.6 Å². The molecule has 3 aromatic rings. The van der Waals surface area contributed by atoms with Gasteiger partial charge < -0.3 is 16.0 Å². The number of nitrogens with one attached hydrogen (secondary N) is 3. The van der Waals surface area contributed by atoms with Gasteiger partial charge in [0.1, 0.15) is 5.82 Å². The molecule has 33 heavy (non-hydrogen) atoms. The first-order valence-corrected chi connectivity index (χ1v) is 11.2. The number of benzene rings is 2. The maximum atomic E-state index is 12.6. The SMILES string of the molecule is C[C@@H]1CN(Cc2ccccc2)C[C@H]1NC(=O)Nc1cccc(C(=O)Nc2ccc(Cl)cn2)c1. The van der Waals surface area contributed by atoms with E-state index in [1.54, 1.807) is 36.4 Å². The summed E-state index contributed by atoms with van der Waals surface area (Å²) in [7, 11) is 0. The Labute approximate surface area is 198 Å². The quantitative estimate of drug-likeness (QED) is 0.497. The average molecular weight is 464 g/mol. The first-order chi connectivity index (χ1) is 16.0. The molecule has 1 aromatic heterocycles. The van der Waals surface area contributed by atoms with Crippen molar-refractivity contribution in [3.8, 4) is 0 Å². The number of nitrogens with zero attached hydrogens (tertiary/aromatic N) is 2. The molecule has 1 fully saturated rings. The minimum atomic E-state index is -0.324. The summed E-state index contributed by atoms with van der Waals surface area (Å²) in [6.07, 6.45) is 1.46. The number of halogens is 1. The van der Waals surface area contributed by atoms with Crippen molar-refractivity contribution in [2.75, 3.05) is 23.7 Å². The molecule has 0 radical (unpaired) electrons. The van der Waals surface area contributed by atoms with Crippen molar-refractivity contribution in [1.82, 2.24) is 15.2 Å². The van der Waals surface area contributed by atoms with Crippen LogP contribution >= 0.6 is 11.6 Å². The number of rotatable bonds is 6. The monoisotopic (exact) mass is 463 g/mol. The molecule has 2 atom stereocenters. The highest BCUT2D eigenvalue weighted by Gasteiger charge is 2.30. The summed E-state index contributed by atoms with van der Waals surface area (Å²) in [6, 6.07) is 20.1. The van der Waals surface area contributed by atoms with Gasteiger partial charge in [-0.05, 0) is 41.8 Å². The number of hydrogen-bond donors (Lipinski definition) is 3. The van der Waals surface area contributed by atoms with Crippen molar-refractivity contribution in [3.05, 3.63) is 89.1 Å². The molecule has 0 bridgehead atoms. The highest BCUT2D eigenvalue weighted by molar-refractivity contribution is 6.30. The summed E-state index contributed by atoms with van der Waals surface area (Å²) in [5, 5.41) is 9.11. The molecule has 7 nitrogen and oxygen atoms in total. The van der Waals surface area contributed by atoms with Crippen LogP contribution in [0.1, 0.15) is 22.8 Å². The van der Waals surface area contributed by atoms with E-state index in [9.17, 15) is 9.59 Å². The molecule has 3 amide bonds. The minimum Gasteiger partial charge on any atom is -0.334 e. The van der Waals surface area contributed by atoms with Crippen LogP contribution in [-0.2, 0) is 6.54 Å². The Morgan fingerprint density at radius 2 is 1.85 bits per heavy atom. The lowest BCUT2D eigenvalue weighted by Gasteiger charge is -2.18. The summed E-state index contributed by atoms with van der Waals surface area (Å²) in [6.45, 7) is 4.73. The molecule has 1 aliphatic rings. The standard InChI is InChI=1S/C25H26ClN5O2/c1-17-14-31(15-18-6-3-2-4-7-18)16-22(17)29-25(33)28-21-9-5-8-19(12-21)24(32)30-23-11-10-20(26)13-27-23/h2-13,17,22H,14-16H2,1H3,(H,27,30,32)(H2,28,29,33)/t17-,22-/m1/s1. The maximum Gasteiger partial charge on any atom is 0.319 e. The Kier molecular flexibility index (Phi) is 7.22. The molecule has 1 saturated heterocycles. The second kappa shape index (κ2) is 10.5. The van der Waals surface area contributed by atoms with Crippen molar-refractivity contribution in [2.24, 2.45) is 5.92 Å². The number of carbonyl (C=O) groups excluding carboxylic acids is 2. The zero-order chi connectivity index (χ0) is 23.2. The Morgan fingerprint density at radius 3 is 2.61 bits per heavy atom. The van der Waals surface area contributed by atoms with Crippen molar-refractivity contribution >= 4 is 35.0 Å². The summed E-state index contributed by atoms with van der Waals surface area (Å²) in [5.41, 5.74) is 2.21. The lowest BCUT2D eigenvalue weighted by atomic mass is 10.1. The third kappa shape index (κ3) is 6.31. The van der Waals surface area contributed by atoms with Gasteiger partial charge in [0.05, 0.1) is 5.02 Å². The number of likely N-dealkylation sites (tertiary alicyclic amines) is 1. The largest absolute Gasteiger partial charge is 0.334 e. The predicted octanol–water partition coefficient (Wildman–Crippen LogP) is 4.63. The molecule has 1 aliphatic heterocycles. The smallest absolute Gasteiger partial charge is 0.319 e. The molecule has 2 aromatic carbocycles. The van der Waals surface area contributed by atoms with E-state index in [1.807, 2.05) is 18.2 Å². The van der Waals surface area contributed by atoms with Gasteiger partial charge in [0.25, 0.3) is 5.91 Å². The average Bonchev–Trinajstić information content (AvgIpc) is 3.14. The zero-order valence-corrected chi connectivity index (χ0v) is 19.0. The molecule has 0 aliphatic carbocycles. The van der Waals surface area contributed by atoms with E-state index < -0.39 is 0 Å². The highest BCUT2D eigenvalue weighted by Crippen LogP contribution is 2.20. The Balaban J connectivity index is 1.31. The van der Waals surface area contributed by atoms with E-state index >= 15 is 0 Å². The normalized spacial score (nSPS) is 18.0. The predicted molar refractivity (Wildman–Crippen MR) is 130 cm³/mol. The molecule has 0 unspecified atom stereocenters. The Bertz CT molecular complexity index is 1110. The van der Waals surface area contributed by atoms with Gasteiger partial charge in [0, 0.05) is 43.1 Å². The Morgan fingerprint density at radius 1 is 1.03 bits per heavy atom. The van der Waals surface area contributed by atoms with E-state index in [1.165, 1.54) is 11.8 Å². The second-order valence-electron chi connectivity index (χ2n) is 8.26. The molecule has 0 spiro atoms. The molecular weight excluding hydrogens is 438 g/mol. The lowest BCUT2D eigenvalue weighted by molar-refractivity contribution is 0.102. The van der Waals surface area contributed by atoms with Crippen molar-refractivity contribution in [1.29, 1.82) is 0 Å². The van der Waals surface area contributed by atoms with E-state index in [2.05, 4.69) is 44.9 Å². The van der Waals surface area contributed by atoms with Gasteiger partial charge in [-0.1, -0.05) is 54.9 Å². The number of pyridine rings is 1. The van der Waals surface area contributed by atoms with Crippen molar-refractivity contribution in [3.63, 3.8) is 0 Å². The zero-order valence-electron chi connectivity index (χ0n) is 18.3. The van der Waals surface area contributed by atoms with E-state index in [0.29, 0.717) is 28.0 Å². The number of amides is 3. The number of urea groups is 1. The lowest BCUT2D eigenvalue weighted by Crippen LogP contribution is -2.42. The van der Waals surface area contributed by atoms with Gasteiger partial charge in [-0.3, -0.25) is 9.69 Å². The third-order valence-corrected chi connectivity index (χ3v) is 5.83. The fourth-order valence-electron chi connectivity index (χ4n) is 3.94. The summed E-state index contributed by atoms with van der Waals surface area (Å²) in [5.74, 6) is 0.411. The first-order valence-electron chi connectivity index (χ1n) is 10.8. The van der Waals surface area contributed by atoms with Crippen LogP contribution in [-0.4, -0.2) is 41.0 Å². The van der Waals surface area contributed by atoms with Crippen molar-refractivity contribution < 1.29 is 9.59 Å². The minimum absolute atomic E-state index is 0.0520. The number of anilines is 2. The van der Waals surface area contributed by atoms with E-state index in [0.717, 1.165) is 19.6 Å². The molecule has 0 saturated carbocycles. The van der Waals surface area contributed by atoms with Crippen LogP contribution in [0.15, 0.2) is 72.9 Å². The van der Waals surface area contributed by atoms with Crippen LogP contribution in [0.4, 0.5) is 16.3 Å². The van der Waals surface area contributed by atoms with Crippen LogP contribution in [0.3, 0.4) is 0 Å². The van der Waals surface area contributed by atoms with Gasteiger partial charge in [0.2, 0.25) is 0 Å². The molecule has 2 heterocycles. The van der Waals surface area contributed by atoms with Gasteiger partial charge in [0.15, 0.2) is 0 Å². The summed E-state index contributed by atoms with van der Waals surface area (Å²) < 4.78 is 0. The fraction of sp³-hybridized carbons (Fsp3) is 0.240. The number of carbonyl (C=O) groups is 2. The summed E-state index contributed by atoms with van der Waals surface area (Å²) >= 11 is 5.82. The van der Waals surface area contributed by atoms with Crippen LogP contribution in [0.25, 0.3) is 0 Å². The van der Waals surface area contributed by atoms with Crippen LogP contribution < -0.4 is 16.0 Å². The van der Waals surface area contributed by atoms with Crippen LogP contribution in [0.2, 0.25) is 5.02 Å². The molecule has 4 rings (SSSR count). The summed E-state index contributed by atoms with van der Waals surface area (Å²) in [4.78, 5) is 31.6. The van der Waals surface area contributed by atoms with Crippen molar-refractivity contribution in [2.45, 2.75) is 19.5 Å². The topological polar surface area (TPSA) is 86.4 Å². The number of aromatic nitrogens is 1. The van der Waals surface area contributed by atoms with Gasteiger partial charge >= 0.3 is 6.03 Å².